The third-order valence-electron chi connectivity index (χ3n) is 3.75. The molecule has 1 heterocycles. The molecule has 0 spiro atoms. The molecule has 1 nitrogen and oxygen atoms in total. The van der Waals surface area contributed by atoms with E-state index in [1.54, 1.807) is 0 Å². The smallest absolute Gasteiger partial charge is 0.0391 e. The predicted molar refractivity (Wildman–Crippen MR) is 89.4 cm³/mol. The lowest BCUT2D eigenvalue weighted by Gasteiger charge is -2.22. The van der Waals surface area contributed by atoms with E-state index in [1.807, 2.05) is 11.3 Å². The van der Waals surface area contributed by atoms with Crippen LogP contribution < -0.4 is 5.32 Å². The van der Waals surface area contributed by atoms with Gasteiger partial charge in [-0.2, -0.15) is 0 Å². The highest BCUT2D eigenvalue weighted by Gasteiger charge is 2.15. The Balaban J connectivity index is 2.04. The van der Waals surface area contributed by atoms with E-state index in [2.05, 4.69) is 81.7 Å². The lowest BCUT2D eigenvalue weighted by atomic mass is 9.86. The number of rotatable bonds is 4. The van der Waals surface area contributed by atoms with Gasteiger partial charge in [0.15, 0.2) is 0 Å². The minimum absolute atomic E-state index is 0.222. The number of nitrogens with one attached hydrogen (secondary N) is 1. The Labute approximate surface area is 127 Å². The fraction of sp³-hybridized carbons (Fsp3) is 0.444. The summed E-state index contributed by atoms with van der Waals surface area (Å²) in [7, 11) is 0. The molecule has 1 aromatic carbocycles. The van der Waals surface area contributed by atoms with Crippen molar-refractivity contribution in [3.8, 4) is 0 Å². The molecule has 0 saturated carbocycles. The first kappa shape index (κ1) is 15.3. The molecule has 0 aliphatic rings. The van der Waals surface area contributed by atoms with Crippen LogP contribution in [-0.4, -0.2) is 0 Å². The van der Waals surface area contributed by atoms with E-state index in [0.29, 0.717) is 12.1 Å². The standard InChI is InChI=1S/C18H25NS/c1-13(19-14(2)17-7-6-12-20-17)15-8-10-16(11-9-15)18(3,4)5/h6-14,19H,1-5H3. The van der Waals surface area contributed by atoms with Crippen molar-refractivity contribution in [1.29, 1.82) is 0 Å². The van der Waals surface area contributed by atoms with Crippen LogP contribution in [0.3, 0.4) is 0 Å². The highest BCUT2D eigenvalue weighted by Crippen LogP contribution is 2.26. The quantitative estimate of drug-likeness (QED) is 0.787. The maximum absolute atomic E-state index is 3.67. The summed E-state index contributed by atoms with van der Waals surface area (Å²) in [6.45, 7) is 11.2. The van der Waals surface area contributed by atoms with Gasteiger partial charge < -0.3 is 5.32 Å². The summed E-state index contributed by atoms with van der Waals surface area (Å²) in [6, 6.07) is 14.1. The van der Waals surface area contributed by atoms with Crippen LogP contribution in [0.1, 0.15) is 62.7 Å². The Morgan fingerprint density at radius 2 is 1.60 bits per heavy atom. The van der Waals surface area contributed by atoms with Gasteiger partial charge in [-0.25, -0.2) is 0 Å². The highest BCUT2D eigenvalue weighted by atomic mass is 32.1. The second-order valence-electron chi connectivity index (χ2n) is 6.50. The van der Waals surface area contributed by atoms with E-state index in [1.165, 1.54) is 16.0 Å². The Bertz CT molecular complexity index is 520. The summed E-state index contributed by atoms with van der Waals surface area (Å²) < 4.78 is 0. The number of thiophene rings is 1. The van der Waals surface area contributed by atoms with Gasteiger partial charge in [0.25, 0.3) is 0 Å². The summed E-state index contributed by atoms with van der Waals surface area (Å²) in [4.78, 5) is 1.39. The first-order valence-corrected chi connectivity index (χ1v) is 8.16. The van der Waals surface area contributed by atoms with Crippen molar-refractivity contribution in [2.75, 3.05) is 0 Å². The van der Waals surface area contributed by atoms with Gasteiger partial charge in [0.1, 0.15) is 0 Å². The first-order chi connectivity index (χ1) is 9.38. The van der Waals surface area contributed by atoms with Crippen molar-refractivity contribution >= 4 is 11.3 Å². The minimum Gasteiger partial charge on any atom is -0.303 e. The van der Waals surface area contributed by atoms with Crippen molar-refractivity contribution in [3.05, 3.63) is 57.8 Å². The van der Waals surface area contributed by atoms with Gasteiger partial charge in [-0.05, 0) is 41.8 Å². The second kappa shape index (κ2) is 6.11. The summed E-state index contributed by atoms with van der Waals surface area (Å²) in [5.74, 6) is 0. The topological polar surface area (TPSA) is 12.0 Å². The van der Waals surface area contributed by atoms with Crippen LogP contribution in [0.15, 0.2) is 41.8 Å². The Morgan fingerprint density at radius 3 is 2.10 bits per heavy atom. The van der Waals surface area contributed by atoms with Gasteiger partial charge in [0.05, 0.1) is 0 Å². The maximum atomic E-state index is 3.67. The summed E-state index contributed by atoms with van der Waals surface area (Å²) in [5.41, 5.74) is 2.96. The lowest BCUT2D eigenvalue weighted by molar-refractivity contribution is 0.499. The molecule has 20 heavy (non-hydrogen) atoms. The van der Waals surface area contributed by atoms with E-state index in [0.717, 1.165) is 0 Å². The van der Waals surface area contributed by atoms with Crippen molar-refractivity contribution in [3.63, 3.8) is 0 Å². The van der Waals surface area contributed by atoms with Crippen molar-refractivity contribution in [2.24, 2.45) is 0 Å². The first-order valence-electron chi connectivity index (χ1n) is 7.28. The zero-order valence-electron chi connectivity index (χ0n) is 13.1. The molecule has 108 valence electrons. The van der Waals surface area contributed by atoms with Gasteiger partial charge in [0, 0.05) is 17.0 Å². The van der Waals surface area contributed by atoms with Crippen LogP contribution in [0.5, 0.6) is 0 Å². The lowest BCUT2D eigenvalue weighted by Crippen LogP contribution is -2.22. The number of hydrogen-bond donors (Lipinski definition) is 1. The zero-order valence-corrected chi connectivity index (χ0v) is 13.9. The molecule has 0 aliphatic carbocycles. The molecular weight excluding hydrogens is 262 g/mol. The van der Waals surface area contributed by atoms with E-state index in [9.17, 15) is 0 Å². The SMILES string of the molecule is CC(NC(C)c1cccs1)c1ccc(C(C)(C)C)cc1. The Morgan fingerprint density at radius 1 is 0.950 bits per heavy atom. The molecule has 0 saturated heterocycles. The average molecular weight is 287 g/mol. The van der Waals surface area contributed by atoms with Crippen LogP contribution in [0, 0.1) is 0 Å². The second-order valence-corrected chi connectivity index (χ2v) is 7.48. The predicted octanol–water partition coefficient (Wildman–Crippen LogP) is 5.46. The third kappa shape index (κ3) is 3.71. The molecule has 1 aromatic heterocycles. The maximum Gasteiger partial charge on any atom is 0.0391 e. The molecule has 0 aliphatic heterocycles. The fourth-order valence-electron chi connectivity index (χ4n) is 2.36. The molecule has 0 fully saturated rings. The van der Waals surface area contributed by atoms with Crippen LogP contribution in [0.25, 0.3) is 0 Å². The summed E-state index contributed by atoms with van der Waals surface area (Å²) in [6.07, 6.45) is 0. The molecule has 0 bridgehead atoms. The van der Waals surface area contributed by atoms with Crippen molar-refractivity contribution < 1.29 is 0 Å². The number of hydrogen-bond acceptors (Lipinski definition) is 2. The van der Waals surface area contributed by atoms with Gasteiger partial charge in [-0.1, -0.05) is 51.1 Å². The van der Waals surface area contributed by atoms with E-state index in [4.69, 9.17) is 0 Å². The average Bonchev–Trinajstić information content (AvgIpc) is 2.91. The monoisotopic (exact) mass is 287 g/mol. The number of benzene rings is 1. The van der Waals surface area contributed by atoms with Gasteiger partial charge in [-0.3, -0.25) is 0 Å². The van der Waals surface area contributed by atoms with Crippen LogP contribution in [-0.2, 0) is 5.41 Å². The van der Waals surface area contributed by atoms with Crippen LogP contribution >= 0.6 is 11.3 Å². The van der Waals surface area contributed by atoms with Crippen LogP contribution in [0.2, 0.25) is 0 Å². The molecule has 0 radical (unpaired) electrons. The molecular formula is C18H25NS. The highest BCUT2D eigenvalue weighted by molar-refractivity contribution is 7.10. The van der Waals surface area contributed by atoms with E-state index < -0.39 is 0 Å². The molecule has 2 atom stereocenters. The van der Waals surface area contributed by atoms with Crippen LogP contribution in [0.4, 0.5) is 0 Å². The molecule has 2 heteroatoms. The summed E-state index contributed by atoms with van der Waals surface area (Å²) >= 11 is 1.81. The molecule has 2 rings (SSSR count). The van der Waals surface area contributed by atoms with E-state index in [-0.39, 0.29) is 5.41 Å². The molecule has 2 unspecified atom stereocenters. The van der Waals surface area contributed by atoms with E-state index >= 15 is 0 Å². The summed E-state index contributed by atoms with van der Waals surface area (Å²) in [5, 5.41) is 5.80. The van der Waals surface area contributed by atoms with Crippen molar-refractivity contribution in [2.45, 2.75) is 52.1 Å². The minimum atomic E-state index is 0.222. The van der Waals surface area contributed by atoms with Gasteiger partial charge in [-0.15, -0.1) is 11.3 Å². The molecule has 1 N–H and O–H groups in total. The normalized spacial score (nSPS) is 15.1. The Hall–Kier alpha value is -1.12. The fourth-order valence-corrected chi connectivity index (χ4v) is 3.11. The molecule has 0 amide bonds. The van der Waals surface area contributed by atoms with Gasteiger partial charge in [0.2, 0.25) is 0 Å². The van der Waals surface area contributed by atoms with Crippen molar-refractivity contribution in [1.82, 2.24) is 5.32 Å². The molecule has 2 aromatic rings. The van der Waals surface area contributed by atoms with Gasteiger partial charge >= 0.3 is 0 Å². The third-order valence-corrected chi connectivity index (χ3v) is 4.80. The Kier molecular flexibility index (Phi) is 4.66. The zero-order chi connectivity index (χ0) is 14.8. The largest absolute Gasteiger partial charge is 0.303 e.